The van der Waals surface area contributed by atoms with Crippen molar-refractivity contribution in [3.63, 3.8) is 0 Å². The fraction of sp³-hybridized carbons (Fsp3) is 0.312. The zero-order chi connectivity index (χ0) is 15.0. The highest BCUT2D eigenvalue weighted by atomic mass is 19.2. The van der Waals surface area contributed by atoms with E-state index in [0.29, 0.717) is 0 Å². The summed E-state index contributed by atoms with van der Waals surface area (Å²) in [5.74, 6) is -1.80. The summed E-state index contributed by atoms with van der Waals surface area (Å²) >= 11 is 0. The minimum absolute atomic E-state index is 0.0261. The van der Waals surface area contributed by atoms with E-state index in [0.717, 1.165) is 36.6 Å². The van der Waals surface area contributed by atoms with Crippen molar-refractivity contribution in [2.45, 2.75) is 31.8 Å². The maximum Gasteiger partial charge on any atom is 0.251 e. The molecule has 110 valence electrons. The van der Waals surface area contributed by atoms with Gasteiger partial charge in [-0.15, -0.1) is 0 Å². The molecule has 3 nitrogen and oxygen atoms in total. The lowest BCUT2D eigenvalue weighted by molar-refractivity contribution is 0.487. The maximum absolute atomic E-state index is 13.8. The van der Waals surface area contributed by atoms with Crippen LogP contribution in [0.5, 0.6) is 0 Å². The lowest BCUT2D eigenvalue weighted by Gasteiger charge is -2.25. The van der Waals surface area contributed by atoms with Crippen LogP contribution < -0.4 is 11.3 Å². The van der Waals surface area contributed by atoms with Gasteiger partial charge in [-0.2, -0.15) is 0 Å². The first-order valence-corrected chi connectivity index (χ1v) is 6.99. The number of rotatable bonds is 2. The highest BCUT2D eigenvalue weighted by molar-refractivity contribution is 5.29. The van der Waals surface area contributed by atoms with Gasteiger partial charge in [-0.05, 0) is 30.9 Å². The molecular weight excluding hydrogens is 274 g/mol. The number of halogens is 2. The number of nitrogens with zero attached hydrogens (tertiary/aromatic N) is 1. The van der Waals surface area contributed by atoms with Crippen LogP contribution in [0.1, 0.15) is 35.7 Å². The molecule has 1 aromatic carbocycles. The second kappa shape index (κ2) is 5.41. The predicted octanol–water partition coefficient (Wildman–Crippen LogP) is 2.51. The first-order chi connectivity index (χ1) is 10.1. The molecule has 1 aromatic heterocycles. The summed E-state index contributed by atoms with van der Waals surface area (Å²) in [5, 5.41) is 0. The van der Waals surface area contributed by atoms with Gasteiger partial charge in [0.05, 0.1) is 6.54 Å². The lowest BCUT2D eigenvalue weighted by atomic mass is 9.91. The standard InChI is InChI=1S/C16H16F2N2O/c17-12-4-1-3-10(16(12)18)9-20-14-6-2-5-13(19)11(14)7-8-15(20)21/h1,3-4,7-8,13H,2,5-6,9,19H2. The molecule has 0 radical (unpaired) electrons. The van der Waals surface area contributed by atoms with E-state index < -0.39 is 11.6 Å². The quantitative estimate of drug-likeness (QED) is 0.924. The number of nitrogens with two attached hydrogens (primary N) is 1. The number of benzene rings is 1. The molecule has 1 atom stereocenters. The van der Waals surface area contributed by atoms with Gasteiger partial charge < -0.3 is 10.3 Å². The second-order valence-electron chi connectivity index (χ2n) is 5.37. The van der Waals surface area contributed by atoms with Crippen molar-refractivity contribution in [3.05, 3.63) is 69.1 Å². The highest BCUT2D eigenvalue weighted by Crippen LogP contribution is 2.27. The van der Waals surface area contributed by atoms with E-state index in [1.807, 2.05) is 0 Å². The van der Waals surface area contributed by atoms with Gasteiger partial charge >= 0.3 is 0 Å². The number of fused-ring (bicyclic) bond motifs is 1. The zero-order valence-electron chi connectivity index (χ0n) is 11.5. The molecule has 2 aromatic rings. The molecule has 1 heterocycles. The van der Waals surface area contributed by atoms with E-state index >= 15 is 0 Å². The van der Waals surface area contributed by atoms with E-state index in [-0.39, 0.29) is 23.7 Å². The fourth-order valence-electron chi connectivity index (χ4n) is 2.91. The Morgan fingerprint density at radius 2 is 2.05 bits per heavy atom. The predicted molar refractivity (Wildman–Crippen MR) is 76.0 cm³/mol. The van der Waals surface area contributed by atoms with Crippen molar-refractivity contribution in [1.29, 1.82) is 0 Å². The first kappa shape index (κ1) is 13.9. The second-order valence-corrected chi connectivity index (χ2v) is 5.37. The molecule has 0 aliphatic heterocycles. The Morgan fingerprint density at radius 3 is 2.86 bits per heavy atom. The van der Waals surface area contributed by atoms with E-state index in [1.54, 1.807) is 6.07 Å². The molecule has 0 bridgehead atoms. The monoisotopic (exact) mass is 290 g/mol. The third kappa shape index (κ3) is 2.49. The van der Waals surface area contributed by atoms with Gasteiger partial charge in [0.2, 0.25) is 0 Å². The molecule has 1 unspecified atom stereocenters. The van der Waals surface area contributed by atoms with E-state index in [9.17, 15) is 13.6 Å². The Hall–Kier alpha value is -2.01. The van der Waals surface area contributed by atoms with Gasteiger partial charge in [-0.3, -0.25) is 4.79 Å². The summed E-state index contributed by atoms with van der Waals surface area (Å²) in [6.07, 6.45) is 2.50. The Balaban J connectivity index is 2.09. The first-order valence-electron chi connectivity index (χ1n) is 6.99. The third-order valence-electron chi connectivity index (χ3n) is 4.02. The van der Waals surface area contributed by atoms with Crippen LogP contribution in [-0.2, 0) is 13.0 Å². The molecule has 2 N–H and O–H groups in total. The number of aromatic nitrogens is 1. The molecule has 3 rings (SSSR count). The van der Waals surface area contributed by atoms with Gasteiger partial charge in [0.15, 0.2) is 11.6 Å². The summed E-state index contributed by atoms with van der Waals surface area (Å²) in [4.78, 5) is 12.1. The average molecular weight is 290 g/mol. The van der Waals surface area contributed by atoms with Gasteiger partial charge in [0, 0.05) is 23.4 Å². The van der Waals surface area contributed by atoms with Crippen molar-refractivity contribution in [2.24, 2.45) is 5.73 Å². The summed E-state index contributed by atoms with van der Waals surface area (Å²) in [7, 11) is 0. The van der Waals surface area contributed by atoms with Gasteiger partial charge in [0.1, 0.15) is 0 Å². The topological polar surface area (TPSA) is 48.0 Å². The molecule has 5 heteroatoms. The Morgan fingerprint density at radius 1 is 1.24 bits per heavy atom. The van der Waals surface area contributed by atoms with Gasteiger partial charge in [0.25, 0.3) is 5.56 Å². The third-order valence-corrected chi connectivity index (χ3v) is 4.02. The maximum atomic E-state index is 13.8. The smallest absolute Gasteiger partial charge is 0.251 e. The van der Waals surface area contributed by atoms with Crippen LogP contribution in [0, 0.1) is 11.6 Å². The Labute approximate surface area is 121 Å². The van der Waals surface area contributed by atoms with Crippen molar-refractivity contribution in [2.75, 3.05) is 0 Å². The van der Waals surface area contributed by atoms with Crippen LogP contribution in [0.4, 0.5) is 8.78 Å². The molecule has 1 aliphatic carbocycles. The SMILES string of the molecule is NC1CCCc2c1ccc(=O)n2Cc1cccc(F)c1F. The molecule has 1 aliphatic rings. The van der Waals surface area contributed by atoms with Crippen LogP contribution in [0.15, 0.2) is 35.1 Å². The van der Waals surface area contributed by atoms with Crippen LogP contribution in [0.2, 0.25) is 0 Å². The van der Waals surface area contributed by atoms with Crippen molar-refractivity contribution < 1.29 is 8.78 Å². The zero-order valence-corrected chi connectivity index (χ0v) is 11.5. The molecule has 0 spiro atoms. The molecule has 0 amide bonds. The summed E-state index contributed by atoms with van der Waals surface area (Å²) in [5.41, 5.74) is 7.78. The van der Waals surface area contributed by atoms with E-state index in [4.69, 9.17) is 5.73 Å². The number of hydrogen-bond acceptors (Lipinski definition) is 2. The van der Waals surface area contributed by atoms with E-state index in [1.165, 1.54) is 22.8 Å². The average Bonchev–Trinajstić information content (AvgIpc) is 2.47. The van der Waals surface area contributed by atoms with E-state index in [2.05, 4.69) is 0 Å². The van der Waals surface area contributed by atoms with Crippen LogP contribution in [0.25, 0.3) is 0 Å². The highest BCUT2D eigenvalue weighted by Gasteiger charge is 2.21. The van der Waals surface area contributed by atoms with Gasteiger partial charge in [-0.25, -0.2) is 8.78 Å². The fourth-order valence-corrected chi connectivity index (χ4v) is 2.91. The molecule has 0 fully saturated rings. The molecular formula is C16H16F2N2O. The number of hydrogen-bond donors (Lipinski definition) is 1. The van der Waals surface area contributed by atoms with Crippen molar-refractivity contribution >= 4 is 0 Å². The molecule has 0 saturated carbocycles. The minimum Gasteiger partial charge on any atom is -0.324 e. The largest absolute Gasteiger partial charge is 0.324 e. The Kier molecular flexibility index (Phi) is 3.59. The van der Waals surface area contributed by atoms with Crippen LogP contribution in [-0.4, -0.2) is 4.57 Å². The van der Waals surface area contributed by atoms with Crippen LogP contribution >= 0.6 is 0 Å². The van der Waals surface area contributed by atoms with Crippen molar-refractivity contribution in [3.8, 4) is 0 Å². The van der Waals surface area contributed by atoms with Crippen LogP contribution in [0.3, 0.4) is 0 Å². The number of pyridine rings is 1. The van der Waals surface area contributed by atoms with Crippen molar-refractivity contribution in [1.82, 2.24) is 4.57 Å². The molecule has 0 saturated heterocycles. The summed E-state index contributed by atoms with van der Waals surface area (Å²) in [6, 6.07) is 7.10. The summed E-state index contributed by atoms with van der Waals surface area (Å²) in [6.45, 7) is 0.0261. The van der Waals surface area contributed by atoms with Gasteiger partial charge in [-0.1, -0.05) is 18.2 Å². The minimum atomic E-state index is -0.901. The molecule has 21 heavy (non-hydrogen) atoms. The normalized spacial score (nSPS) is 17.6. The lowest BCUT2D eigenvalue weighted by Crippen LogP contribution is -2.29. The Bertz CT molecular complexity index is 740. The summed E-state index contributed by atoms with van der Waals surface area (Å²) < 4.78 is 28.6.